The summed E-state index contributed by atoms with van der Waals surface area (Å²) in [6, 6.07) is 9.58. The molecule has 0 saturated carbocycles. The van der Waals surface area contributed by atoms with Crippen molar-refractivity contribution in [3.05, 3.63) is 35.9 Å². The fraction of sp³-hybridized carbons (Fsp3) is 0.579. The van der Waals surface area contributed by atoms with Gasteiger partial charge < -0.3 is 25.6 Å². The van der Waals surface area contributed by atoms with Crippen LogP contribution < -0.4 is 16.0 Å². The molecule has 1 aliphatic heterocycles. The lowest BCUT2D eigenvalue weighted by Gasteiger charge is -2.42. The van der Waals surface area contributed by atoms with E-state index in [1.54, 1.807) is 12.0 Å². The van der Waals surface area contributed by atoms with E-state index in [4.69, 9.17) is 4.74 Å². The Labute approximate surface area is 155 Å². The fourth-order valence-corrected chi connectivity index (χ4v) is 3.20. The van der Waals surface area contributed by atoms with Crippen molar-refractivity contribution in [1.82, 2.24) is 20.9 Å². The summed E-state index contributed by atoms with van der Waals surface area (Å²) in [6.07, 6.45) is 2.16. The van der Waals surface area contributed by atoms with Crippen LogP contribution in [0.15, 0.2) is 30.3 Å². The molecule has 0 unspecified atom stereocenters. The highest BCUT2D eigenvalue weighted by molar-refractivity contribution is 5.75. The molecule has 1 heterocycles. The molecule has 7 nitrogen and oxygen atoms in total. The molecule has 4 amide bonds. The average Bonchev–Trinajstić information content (AvgIpc) is 2.66. The maximum Gasteiger partial charge on any atom is 0.317 e. The number of benzene rings is 1. The third-order valence-electron chi connectivity index (χ3n) is 4.80. The van der Waals surface area contributed by atoms with Gasteiger partial charge in [0.25, 0.3) is 0 Å². The molecule has 1 saturated heterocycles. The summed E-state index contributed by atoms with van der Waals surface area (Å²) in [6.45, 7) is 4.81. The second-order valence-electron chi connectivity index (χ2n) is 6.64. The van der Waals surface area contributed by atoms with Crippen LogP contribution in [0.25, 0.3) is 0 Å². The molecule has 0 aliphatic carbocycles. The molecule has 0 aromatic heterocycles. The molecule has 0 radical (unpaired) electrons. The maximum atomic E-state index is 12.4. The van der Waals surface area contributed by atoms with Gasteiger partial charge in [0.1, 0.15) is 0 Å². The molecule has 0 atom stereocenters. The van der Waals surface area contributed by atoms with Gasteiger partial charge in [-0.1, -0.05) is 30.3 Å². The SMILES string of the molecule is CCNC(=O)N1CCC(CCOC)(NC(=O)NCc2ccccc2)CC1. The van der Waals surface area contributed by atoms with Gasteiger partial charge in [0.05, 0.1) is 0 Å². The van der Waals surface area contributed by atoms with Crippen molar-refractivity contribution in [1.29, 1.82) is 0 Å². The molecule has 26 heavy (non-hydrogen) atoms. The number of nitrogens with zero attached hydrogens (tertiary/aromatic N) is 1. The number of ether oxygens (including phenoxy) is 1. The van der Waals surface area contributed by atoms with Gasteiger partial charge in [-0.2, -0.15) is 0 Å². The molecule has 2 rings (SSSR count). The van der Waals surface area contributed by atoms with Crippen LogP contribution in [0.1, 0.15) is 31.7 Å². The van der Waals surface area contributed by atoms with Crippen molar-refractivity contribution >= 4 is 12.1 Å². The van der Waals surface area contributed by atoms with Crippen LogP contribution in [-0.4, -0.2) is 55.9 Å². The van der Waals surface area contributed by atoms with Crippen molar-refractivity contribution in [2.75, 3.05) is 33.4 Å². The van der Waals surface area contributed by atoms with Gasteiger partial charge in [0, 0.05) is 45.4 Å². The number of amides is 4. The van der Waals surface area contributed by atoms with Crippen LogP contribution in [0.3, 0.4) is 0 Å². The number of likely N-dealkylation sites (tertiary alicyclic amines) is 1. The minimum atomic E-state index is -0.347. The van der Waals surface area contributed by atoms with Gasteiger partial charge in [-0.3, -0.25) is 0 Å². The first-order valence-corrected chi connectivity index (χ1v) is 9.20. The highest BCUT2D eigenvalue weighted by atomic mass is 16.5. The maximum absolute atomic E-state index is 12.4. The Kier molecular flexibility index (Phi) is 7.72. The van der Waals surface area contributed by atoms with Gasteiger partial charge in [0.15, 0.2) is 0 Å². The molecule has 7 heteroatoms. The summed E-state index contributed by atoms with van der Waals surface area (Å²) >= 11 is 0. The van der Waals surface area contributed by atoms with E-state index in [9.17, 15) is 9.59 Å². The third kappa shape index (κ3) is 5.91. The summed E-state index contributed by atoms with van der Waals surface area (Å²) in [5.74, 6) is 0. The standard InChI is InChI=1S/C19H30N4O3/c1-3-20-18(25)23-12-9-19(10-13-23,11-14-26-2)22-17(24)21-15-16-7-5-4-6-8-16/h4-8H,3,9-15H2,1-2H3,(H,20,25)(H2,21,22,24). The van der Waals surface area contributed by atoms with E-state index in [1.807, 2.05) is 37.3 Å². The Morgan fingerprint density at radius 2 is 1.85 bits per heavy atom. The zero-order valence-corrected chi connectivity index (χ0v) is 15.7. The number of carbonyl (C=O) groups is 2. The summed E-state index contributed by atoms with van der Waals surface area (Å²) in [7, 11) is 1.66. The molecule has 0 bridgehead atoms. The first-order chi connectivity index (χ1) is 12.6. The predicted molar refractivity (Wildman–Crippen MR) is 101 cm³/mol. The topological polar surface area (TPSA) is 82.7 Å². The average molecular weight is 362 g/mol. The number of carbonyl (C=O) groups excluding carboxylic acids is 2. The van der Waals surface area contributed by atoms with Crippen LogP contribution in [0.5, 0.6) is 0 Å². The van der Waals surface area contributed by atoms with Gasteiger partial charge in [-0.15, -0.1) is 0 Å². The summed E-state index contributed by atoms with van der Waals surface area (Å²) in [4.78, 5) is 26.2. The first-order valence-electron chi connectivity index (χ1n) is 9.20. The summed E-state index contributed by atoms with van der Waals surface area (Å²) in [5.41, 5.74) is 0.708. The van der Waals surface area contributed by atoms with Crippen LogP contribution in [0, 0.1) is 0 Å². The second kappa shape index (κ2) is 10.0. The molecule has 1 fully saturated rings. The van der Waals surface area contributed by atoms with E-state index in [2.05, 4.69) is 16.0 Å². The van der Waals surface area contributed by atoms with Crippen LogP contribution >= 0.6 is 0 Å². The molecular formula is C19H30N4O3. The Balaban J connectivity index is 1.90. The van der Waals surface area contributed by atoms with Gasteiger partial charge in [-0.05, 0) is 31.7 Å². The van der Waals surface area contributed by atoms with E-state index in [1.165, 1.54) is 0 Å². The van der Waals surface area contributed by atoms with E-state index < -0.39 is 0 Å². The summed E-state index contributed by atoms with van der Waals surface area (Å²) < 4.78 is 5.23. The number of urea groups is 2. The van der Waals surface area contributed by atoms with E-state index in [0.29, 0.717) is 45.6 Å². The monoisotopic (exact) mass is 362 g/mol. The largest absolute Gasteiger partial charge is 0.385 e. The van der Waals surface area contributed by atoms with Gasteiger partial charge in [-0.25, -0.2) is 9.59 Å². The fourth-order valence-electron chi connectivity index (χ4n) is 3.20. The lowest BCUT2D eigenvalue weighted by Crippen LogP contribution is -2.59. The lowest BCUT2D eigenvalue weighted by molar-refractivity contribution is 0.107. The number of nitrogens with one attached hydrogen (secondary N) is 3. The number of methoxy groups -OCH3 is 1. The third-order valence-corrected chi connectivity index (χ3v) is 4.80. The van der Waals surface area contributed by atoms with Gasteiger partial charge >= 0.3 is 12.1 Å². The minimum absolute atomic E-state index is 0.0404. The molecule has 0 spiro atoms. The highest BCUT2D eigenvalue weighted by Gasteiger charge is 2.36. The van der Waals surface area contributed by atoms with Crippen molar-refractivity contribution < 1.29 is 14.3 Å². The Morgan fingerprint density at radius 1 is 1.15 bits per heavy atom. The van der Waals surface area contributed by atoms with Crippen LogP contribution in [-0.2, 0) is 11.3 Å². The number of hydrogen-bond donors (Lipinski definition) is 3. The zero-order chi connectivity index (χ0) is 18.8. The Hall–Kier alpha value is -2.28. The summed E-state index contributed by atoms with van der Waals surface area (Å²) in [5, 5.41) is 8.89. The van der Waals surface area contributed by atoms with Gasteiger partial charge in [0.2, 0.25) is 0 Å². The van der Waals surface area contributed by atoms with E-state index >= 15 is 0 Å². The predicted octanol–water partition coefficient (Wildman–Crippen LogP) is 2.09. The van der Waals surface area contributed by atoms with E-state index in [-0.39, 0.29) is 17.6 Å². The second-order valence-corrected chi connectivity index (χ2v) is 6.64. The highest BCUT2D eigenvalue weighted by Crippen LogP contribution is 2.26. The number of piperidine rings is 1. The molecule has 1 aliphatic rings. The van der Waals surface area contributed by atoms with Crippen molar-refractivity contribution in [3.63, 3.8) is 0 Å². The molecule has 3 N–H and O–H groups in total. The number of rotatable bonds is 7. The molecule has 144 valence electrons. The van der Waals surface area contributed by atoms with E-state index in [0.717, 1.165) is 12.0 Å². The molecular weight excluding hydrogens is 332 g/mol. The molecule has 1 aromatic rings. The first kappa shape index (κ1) is 20.0. The van der Waals surface area contributed by atoms with Crippen molar-refractivity contribution in [2.45, 2.75) is 38.3 Å². The minimum Gasteiger partial charge on any atom is -0.385 e. The lowest BCUT2D eigenvalue weighted by atomic mass is 9.84. The quantitative estimate of drug-likeness (QED) is 0.694. The van der Waals surface area contributed by atoms with Crippen LogP contribution in [0.2, 0.25) is 0 Å². The number of hydrogen-bond acceptors (Lipinski definition) is 3. The molecule has 1 aromatic carbocycles. The Morgan fingerprint density at radius 3 is 2.46 bits per heavy atom. The smallest absolute Gasteiger partial charge is 0.317 e. The van der Waals surface area contributed by atoms with Crippen LogP contribution in [0.4, 0.5) is 9.59 Å². The Bertz CT molecular complexity index is 571. The normalized spacial score (nSPS) is 16.0. The van der Waals surface area contributed by atoms with Crippen molar-refractivity contribution in [2.24, 2.45) is 0 Å². The van der Waals surface area contributed by atoms with Crippen molar-refractivity contribution in [3.8, 4) is 0 Å². The zero-order valence-electron chi connectivity index (χ0n) is 15.7.